The fourth-order valence-electron chi connectivity index (χ4n) is 2.21. The zero-order valence-electron chi connectivity index (χ0n) is 13.0. The third-order valence-electron chi connectivity index (χ3n) is 3.49. The predicted octanol–water partition coefficient (Wildman–Crippen LogP) is 5.69. The molecule has 0 bridgehead atoms. The van der Waals surface area contributed by atoms with Crippen molar-refractivity contribution >= 4 is 15.9 Å². The van der Waals surface area contributed by atoms with Crippen LogP contribution in [0.2, 0.25) is 0 Å². The van der Waals surface area contributed by atoms with Crippen molar-refractivity contribution in [2.45, 2.75) is 39.7 Å². The Bertz CT molecular complexity index is 635. The van der Waals surface area contributed by atoms with Gasteiger partial charge in [-0.3, -0.25) is 0 Å². The lowest BCUT2D eigenvalue weighted by atomic mass is 10.0. The second-order valence-corrected chi connectivity index (χ2v) is 6.63. The van der Waals surface area contributed by atoms with Crippen molar-refractivity contribution in [2.24, 2.45) is 5.73 Å². The fourth-order valence-corrected chi connectivity index (χ4v) is 2.69. The smallest absolute Gasteiger partial charge is 0.141 e. The highest BCUT2D eigenvalue weighted by Gasteiger charge is 2.12. The van der Waals surface area contributed by atoms with Crippen LogP contribution in [-0.4, -0.2) is 0 Å². The summed E-state index contributed by atoms with van der Waals surface area (Å²) in [6, 6.07) is 12.4. The molecule has 0 aromatic heterocycles. The number of ether oxygens (including phenoxy) is 1. The van der Waals surface area contributed by atoms with E-state index in [9.17, 15) is 0 Å². The summed E-state index contributed by atoms with van der Waals surface area (Å²) >= 11 is 3.57. The van der Waals surface area contributed by atoms with Gasteiger partial charge in [0.05, 0.1) is 4.47 Å². The molecule has 21 heavy (non-hydrogen) atoms. The first-order valence-corrected chi connectivity index (χ1v) is 8.01. The summed E-state index contributed by atoms with van der Waals surface area (Å²) in [4.78, 5) is 0. The molecule has 0 unspecified atom stereocenters. The second-order valence-electron chi connectivity index (χ2n) is 5.78. The van der Waals surface area contributed by atoms with Gasteiger partial charge in [0.2, 0.25) is 0 Å². The fraction of sp³-hybridized carbons (Fsp3) is 0.333. The first kappa shape index (κ1) is 16.1. The van der Waals surface area contributed by atoms with Gasteiger partial charge in [-0.1, -0.05) is 32.0 Å². The molecule has 3 heteroatoms. The number of nitrogens with two attached hydrogens (primary N) is 1. The average molecular weight is 348 g/mol. The first-order valence-electron chi connectivity index (χ1n) is 7.22. The Labute approximate surface area is 135 Å². The monoisotopic (exact) mass is 347 g/mol. The predicted molar refractivity (Wildman–Crippen MR) is 92.1 cm³/mol. The summed E-state index contributed by atoms with van der Waals surface area (Å²) in [5.41, 5.74) is 9.40. The van der Waals surface area contributed by atoms with Gasteiger partial charge in [-0.25, -0.2) is 0 Å². The summed E-state index contributed by atoms with van der Waals surface area (Å²) in [5, 5.41) is 0. The molecule has 0 aliphatic carbocycles. The van der Waals surface area contributed by atoms with Crippen LogP contribution in [0.25, 0.3) is 0 Å². The average Bonchev–Trinajstić information content (AvgIpc) is 2.40. The highest BCUT2D eigenvalue weighted by molar-refractivity contribution is 9.10. The maximum atomic E-state index is 6.13. The normalized spacial score (nSPS) is 12.5. The minimum Gasteiger partial charge on any atom is -0.456 e. The van der Waals surface area contributed by atoms with E-state index in [2.05, 4.69) is 54.9 Å². The third-order valence-corrected chi connectivity index (χ3v) is 4.11. The van der Waals surface area contributed by atoms with Crippen LogP contribution in [0, 0.1) is 6.92 Å². The molecule has 2 nitrogen and oxygen atoms in total. The number of hydrogen-bond acceptors (Lipinski definition) is 2. The Hall–Kier alpha value is -1.32. The molecule has 2 aromatic carbocycles. The number of rotatable bonds is 4. The van der Waals surface area contributed by atoms with Crippen LogP contribution < -0.4 is 10.5 Å². The molecular formula is C18H22BrNO. The Balaban J connectivity index is 2.36. The molecule has 0 radical (unpaired) electrons. The second kappa shape index (κ2) is 6.63. The summed E-state index contributed by atoms with van der Waals surface area (Å²) in [6.07, 6.45) is 0. The summed E-state index contributed by atoms with van der Waals surface area (Å²) in [6.45, 7) is 8.39. The number of benzene rings is 2. The molecule has 112 valence electrons. The minimum absolute atomic E-state index is 0.0144. The van der Waals surface area contributed by atoms with Crippen molar-refractivity contribution in [3.05, 3.63) is 57.6 Å². The van der Waals surface area contributed by atoms with Gasteiger partial charge in [-0.05, 0) is 70.6 Å². The van der Waals surface area contributed by atoms with E-state index in [-0.39, 0.29) is 6.04 Å². The minimum atomic E-state index is 0.0144. The number of halogens is 1. The summed E-state index contributed by atoms with van der Waals surface area (Å²) in [5.74, 6) is 2.15. The molecule has 0 fully saturated rings. The first-order chi connectivity index (χ1) is 9.88. The summed E-state index contributed by atoms with van der Waals surface area (Å²) in [7, 11) is 0. The van der Waals surface area contributed by atoms with Gasteiger partial charge in [0.15, 0.2) is 0 Å². The van der Waals surface area contributed by atoms with Gasteiger partial charge in [-0.15, -0.1) is 0 Å². The van der Waals surface area contributed by atoms with Crippen molar-refractivity contribution in [1.82, 2.24) is 0 Å². The molecule has 0 heterocycles. The molecule has 0 spiro atoms. The highest BCUT2D eigenvalue weighted by atomic mass is 79.9. The number of hydrogen-bond donors (Lipinski definition) is 1. The molecule has 0 saturated carbocycles. The van der Waals surface area contributed by atoms with Crippen molar-refractivity contribution in [3.63, 3.8) is 0 Å². The zero-order valence-corrected chi connectivity index (χ0v) is 14.6. The van der Waals surface area contributed by atoms with E-state index in [0.717, 1.165) is 21.5 Å². The molecule has 0 aliphatic heterocycles. The van der Waals surface area contributed by atoms with Gasteiger partial charge in [0.25, 0.3) is 0 Å². The van der Waals surface area contributed by atoms with E-state index < -0.39 is 0 Å². The van der Waals surface area contributed by atoms with Crippen LogP contribution in [0.4, 0.5) is 0 Å². The third kappa shape index (κ3) is 3.86. The standard InChI is InChI=1S/C18H22BrNO/c1-11(2)15-7-5-12(3)9-18(15)21-17-8-6-14(13(4)20)10-16(17)19/h5-11,13H,20H2,1-4H3/t13-/m0/s1. The Morgan fingerprint density at radius 3 is 2.29 bits per heavy atom. The Kier molecular flexibility index (Phi) is 5.07. The molecule has 2 rings (SSSR count). The lowest BCUT2D eigenvalue weighted by Crippen LogP contribution is -2.04. The lowest BCUT2D eigenvalue weighted by molar-refractivity contribution is 0.469. The largest absolute Gasteiger partial charge is 0.456 e. The van der Waals surface area contributed by atoms with Gasteiger partial charge in [0.1, 0.15) is 11.5 Å². The lowest BCUT2D eigenvalue weighted by Gasteiger charge is -2.16. The molecular weight excluding hydrogens is 326 g/mol. The van der Waals surface area contributed by atoms with Gasteiger partial charge < -0.3 is 10.5 Å². The highest BCUT2D eigenvalue weighted by Crippen LogP contribution is 2.35. The van der Waals surface area contributed by atoms with Gasteiger partial charge in [-0.2, -0.15) is 0 Å². The molecule has 2 N–H and O–H groups in total. The van der Waals surface area contributed by atoms with Crippen LogP contribution in [0.15, 0.2) is 40.9 Å². The van der Waals surface area contributed by atoms with E-state index in [4.69, 9.17) is 10.5 Å². The molecule has 0 aliphatic rings. The van der Waals surface area contributed by atoms with Crippen molar-refractivity contribution < 1.29 is 4.74 Å². The quantitative estimate of drug-likeness (QED) is 0.770. The van der Waals surface area contributed by atoms with Crippen molar-refractivity contribution in [1.29, 1.82) is 0 Å². The van der Waals surface area contributed by atoms with E-state index in [1.807, 2.05) is 25.1 Å². The maximum absolute atomic E-state index is 6.13. The van der Waals surface area contributed by atoms with Crippen molar-refractivity contribution in [2.75, 3.05) is 0 Å². The summed E-state index contributed by atoms with van der Waals surface area (Å²) < 4.78 is 7.05. The van der Waals surface area contributed by atoms with Crippen LogP contribution in [0.1, 0.15) is 49.4 Å². The maximum Gasteiger partial charge on any atom is 0.141 e. The van der Waals surface area contributed by atoms with Gasteiger partial charge in [0, 0.05) is 6.04 Å². The van der Waals surface area contributed by atoms with Crippen LogP contribution >= 0.6 is 15.9 Å². The van der Waals surface area contributed by atoms with Gasteiger partial charge >= 0.3 is 0 Å². The SMILES string of the molecule is Cc1ccc(C(C)C)c(Oc2ccc([C@H](C)N)cc2Br)c1. The Morgan fingerprint density at radius 1 is 1.00 bits per heavy atom. The molecule has 0 saturated heterocycles. The van der Waals surface area contributed by atoms with E-state index in [0.29, 0.717) is 5.92 Å². The Morgan fingerprint density at radius 2 is 1.71 bits per heavy atom. The topological polar surface area (TPSA) is 35.2 Å². The van der Waals surface area contributed by atoms with E-state index >= 15 is 0 Å². The zero-order chi connectivity index (χ0) is 15.6. The van der Waals surface area contributed by atoms with Crippen LogP contribution in [0.3, 0.4) is 0 Å². The van der Waals surface area contributed by atoms with E-state index in [1.165, 1.54) is 11.1 Å². The molecule has 1 atom stereocenters. The molecule has 0 amide bonds. The van der Waals surface area contributed by atoms with E-state index in [1.54, 1.807) is 0 Å². The molecule has 2 aromatic rings. The number of aryl methyl sites for hydroxylation is 1. The van der Waals surface area contributed by atoms with Crippen LogP contribution in [-0.2, 0) is 0 Å². The van der Waals surface area contributed by atoms with Crippen LogP contribution in [0.5, 0.6) is 11.5 Å². The van der Waals surface area contributed by atoms with Crippen molar-refractivity contribution in [3.8, 4) is 11.5 Å².